The van der Waals surface area contributed by atoms with Crippen LogP contribution in [0.3, 0.4) is 0 Å². The molecular formula is C23H23F4N7O. The normalized spacial score (nSPS) is 19.8. The molecule has 2 atom stereocenters. The summed E-state index contributed by atoms with van der Waals surface area (Å²) >= 11 is 0. The second-order valence-electron chi connectivity index (χ2n) is 8.60. The van der Waals surface area contributed by atoms with Crippen molar-refractivity contribution in [1.29, 1.82) is 0 Å². The molecule has 2 aromatic carbocycles. The number of alkyl halides is 3. The third kappa shape index (κ3) is 4.35. The van der Waals surface area contributed by atoms with Gasteiger partial charge in [0.15, 0.2) is 0 Å². The van der Waals surface area contributed by atoms with Gasteiger partial charge in [-0.15, -0.1) is 0 Å². The first-order valence-electron chi connectivity index (χ1n) is 10.9. The van der Waals surface area contributed by atoms with Gasteiger partial charge in [-0.1, -0.05) is 18.2 Å². The number of halogens is 4. The summed E-state index contributed by atoms with van der Waals surface area (Å²) in [5.74, 6) is -1.60. The lowest BCUT2D eigenvalue weighted by atomic mass is 10.0. The molecule has 5 rings (SSSR count). The zero-order chi connectivity index (χ0) is 24.9. The molecule has 0 saturated heterocycles. The van der Waals surface area contributed by atoms with E-state index in [0.717, 1.165) is 29.5 Å². The number of nitrogens with two attached hydrogens (primary N) is 1. The van der Waals surface area contributed by atoms with E-state index in [-0.39, 0.29) is 5.56 Å². The number of hydrogen-bond acceptors (Lipinski definition) is 6. The van der Waals surface area contributed by atoms with Crippen molar-refractivity contribution in [2.24, 2.45) is 12.8 Å². The Balaban J connectivity index is 1.45. The monoisotopic (exact) mass is 489 g/mol. The number of benzene rings is 2. The van der Waals surface area contributed by atoms with Crippen molar-refractivity contribution in [2.75, 3.05) is 5.32 Å². The quantitative estimate of drug-likeness (QED) is 0.412. The molecule has 1 amide bonds. The maximum absolute atomic E-state index is 14.4. The highest BCUT2D eigenvalue weighted by Crippen LogP contribution is 2.35. The van der Waals surface area contributed by atoms with Gasteiger partial charge >= 0.3 is 6.18 Å². The average molecular weight is 489 g/mol. The second kappa shape index (κ2) is 8.63. The Morgan fingerprint density at radius 3 is 2.71 bits per heavy atom. The molecular weight excluding hydrogens is 466 g/mol. The van der Waals surface area contributed by atoms with E-state index in [4.69, 9.17) is 5.73 Å². The third-order valence-electron chi connectivity index (χ3n) is 6.27. The van der Waals surface area contributed by atoms with Crippen molar-refractivity contribution in [3.8, 4) is 0 Å². The number of nitrogens with one attached hydrogen (secondary N) is 3. The number of para-hydroxylation sites is 1. The van der Waals surface area contributed by atoms with Gasteiger partial charge in [0.25, 0.3) is 5.91 Å². The zero-order valence-corrected chi connectivity index (χ0v) is 18.7. The van der Waals surface area contributed by atoms with Crippen molar-refractivity contribution >= 4 is 11.6 Å². The molecule has 2 aliphatic rings. The number of nitrogens with zero attached hydrogens (tertiary/aromatic N) is 3. The maximum Gasteiger partial charge on any atom is 0.416 e. The molecule has 184 valence electrons. The van der Waals surface area contributed by atoms with Crippen LogP contribution in [0, 0.1) is 5.82 Å². The Morgan fingerprint density at radius 1 is 1.23 bits per heavy atom. The highest BCUT2D eigenvalue weighted by atomic mass is 19.4. The highest BCUT2D eigenvalue weighted by Gasteiger charge is 2.37. The molecule has 0 saturated carbocycles. The minimum atomic E-state index is -4.70. The van der Waals surface area contributed by atoms with Gasteiger partial charge < -0.3 is 11.1 Å². The summed E-state index contributed by atoms with van der Waals surface area (Å²) in [6.45, 7) is 0.697. The van der Waals surface area contributed by atoms with Crippen LogP contribution in [0.4, 0.5) is 23.2 Å². The first kappa shape index (κ1) is 23.3. The van der Waals surface area contributed by atoms with E-state index in [1.807, 2.05) is 18.1 Å². The molecule has 3 aromatic rings. The molecule has 35 heavy (non-hydrogen) atoms. The molecule has 1 aromatic heterocycles. The van der Waals surface area contributed by atoms with Gasteiger partial charge in [-0.05, 0) is 18.2 Å². The van der Waals surface area contributed by atoms with Gasteiger partial charge in [-0.3, -0.25) is 25.0 Å². The summed E-state index contributed by atoms with van der Waals surface area (Å²) in [5, 5.41) is 14.1. The smallest absolute Gasteiger partial charge is 0.366 e. The van der Waals surface area contributed by atoms with Crippen LogP contribution in [0.25, 0.3) is 0 Å². The number of amides is 1. The molecule has 0 spiro atoms. The lowest BCUT2D eigenvalue weighted by Gasteiger charge is -2.40. The summed E-state index contributed by atoms with van der Waals surface area (Å²) in [5.41, 5.74) is 7.32. The molecule has 0 radical (unpaired) electrons. The molecule has 8 nitrogen and oxygen atoms in total. The highest BCUT2D eigenvalue weighted by molar-refractivity contribution is 5.99. The predicted octanol–water partition coefficient (Wildman–Crippen LogP) is 2.78. The molecule has 2 aliphatic heterocycles. The molecule has 3 heterocycles. The van der Waals surface area contributed by atoms with Crippen LogP contribution in [0.1, 0.15) is 44.5 Å². The van der Waals surface area contributed by atoms with Gasteiger partial charge in [0, 0.05) is 49.6 Å². The van der Waals surface area contributed by atoms with Gasteiger partial charge in [0.05, 0.1) is 28.7 Å². The van der Waals surface area contributed by atoms with Gasteiger partial charge in [0.2, 0.25) is 0 Å². The number of carbonyl (C=O) groups excluding carboxylic acids is 1. The number of carbonyl (C=O) groups is 1. The minimum absolute atomic E-state index is 0.248. The van der Waals surface area contributed by atoms with Crippen LogP contribution in [-0.4, -0.2) is 26.9 Å². The summed E-state index contributed by atoms with van der Waals surface area (Å²) in [6, 6.07) is 7.82. The van der Waals surface area contributed by atoms with E-state index in [1.54, 1.807) is 22.9 Å². The van der Waals surface area contributed by atoms with Gasteiger partial charge in [-0.25, -0.2) is 4.39 Å². The van der Waals surface area contributed by atoms with Crippen LogP contribution in [-0.2, 0) is 32.9 Å². The summed E-state index contributed by atoms with van der Waals surface area (Å²) < 4.78 is 56.6. The number of aromatic nitrogens is 2. The fourth-order valence-corrected chi connectivity index (χ4v) is 4.68. The van der Waals surface area contributed by atoms with E-state index in [9.17, 15) is 22.4 Å². The van der Waals surface area contributed by atoms with E-state index in [2.05, 4.69) is 21.0 Å². The third-order valence-corrected chi connectivity index (χ3v) is 6.27. The fourth-order valence-electron chi connectivity index (χ4n) is 4.68. The number of fused-ring (bicyclic) bond motifs is 2. The number of rotatable bonds is 5. The average Bonchev–Trinajstić information content (AvgIpc) is 3.34. The Kier molecular flexibility index (Phi) is 5.74. The standard InChI is InChI=1S/C23H23F4N7O/c1-33-9-12-10-34(11-18(12)32-33)22-30-19-13(20(28)35)4-2-5-14(19)21(31-22)29-8-15-16(23(25,26)27)6-3-7-17(15)24/h2-7,9,21-22,29-31H,8,10-11H2,1H3,(H2,28,35). The maximum atomic E-state index is 14.4. The molecule has 2 unspecified atom stereocenters. The van der Waals surface area contributed by atoms with E-state index >= 15 is 0 Å². The predicted molar refractivity (Wildman–Crippen MR) is 119 cm³/mol. The lowest BCUT2D eigenvalue weighted by Crippen LogP contribution is -2.56. The summed E-state index contributed by atoms with van der Waals surface area (Å²) in [4.78, 5) is 14.1. The SMILES string of the molecule is Cn1cc2c(n1)CN(C1Nc3c(C(N)=O)cccc3C(NCc3c(F)cccc3C(F)(F)F)N1)C2. The van der Waals surface area contributed by atoms with E-state index in [1.165, 1.54) is 0 Å². The Hall–Kier alpha value is -3.48. The van der Waals surface area contributed by atoms with Crippen molar-refractivity contribution in [2.45, 2.75) is 38.3 Å². The van der Waals surface area contributed by atoms with Crippen molar-refractivity contribution in [3.63, 3.8) is 0 Å². The van der Waals surface area contributed by atoms with Crippen LogP contribution >= 0.6 is 0 Å². The first-order valence-corrected chi connectivity index (χ1v) is 10.9. The van der Waals surface area contributed by atoms with Crippen LogP contribution in [0.5, 0.6) is 0 Å². The van der Waals surface area contributed by atoms with E-state index in [0.29, 0.717) is 24.3 Å². The number of anilines is 1. The van der Waals surface area contributed by atoms with Crippen molar-refractivity contribution in [1.82, 2.24) is 25.3 Å². The summed E-state index contributed by atoms with van der Waals surface area (Å²) in [7, 11) is 1.84. The second-order valence-corrected chi connectivity index (χ2v) is 8.60. The molecule has 0 fully saturated rings. The van der Waals surface area contributed by atoms with Gasteiger partial charge in [-0.2, -0.15) is 18.3 Å². The minimum Gasteiger partial charge on any atom is -0.366 e. The Morgan fingerprint density at radius 2 is 2.00 bits per heavy atom. The largest absolute Gasteiger partial charge is 0.416 e. The lowest BCUT2D eigenvalue weighted by molar-refractivity contribution is -0.138. The molecule has 5 N–H and O–H groups in total. The van der Waals surface area contributed by atoms with Crippen LogP contribution < -0.4 is 21.7 Å². The number of aryl methyl sites for hydroxylation is 1. The van der Waals surface area contributed by atoms with Crippen LogP contribution in [0.15, 0.2) is 42.6 Å². The fraction of sp³-hybridized carbons (Fsp3) is 0.304. The molecule has 0 bridgehead atoms. The van der Waals surface area contributed by atoms with Crippen LogP contribution in [0.2, 0.25) is 0 Å². The van der Waals surface area contributed by atoms with Crippen molar-refractivity contribution in [3.05, 3.63) is 81.9 Å². The topological polar surface area (TPSA) is 100 Å². The molecule has 12 heteroatoms. The first-order chi connectivity index (χ1) is 16.6. The Bertz CT molecular complexity index is 1270. The zero-order valence-electron chi connectivity index (χ0n) is 18.7. The summed E-state index contributed by atoms with van der Waals surface area (Å²) in [6.07, 6.45) is -3.97. The van der Waals surface area contributed by atoms with E-state index < -0.39 is 48.0 Å². The Labute approximate surface area is 198 Å². The number of hydrogen-bond donors (Lipinski definition) is 4. The van der Waals surface area contributed by atoms with Gasteiger partial charge in [0.1, 0.15) is 12.1 Å². The molecule has 0 aliphatic carbocycles. The number of primary amides is 1. The van der Waals surface area contributed by atoms with Crippen molar-refractivity contribution < 1.29 is 22.4 Å².